The van der Waals surface area contributed by atoms with E-state index >= 15 is 0 Å². The predicted octanol–water partition coefficient (Wildman–Crippen LogP) is 4.17. The first-order valence-electron chi connectivity index (χ1n) is 12.9. The van der Waals surface area contributed by atoms with Gasteiger partial charge in [0.25, 0.3) is 0 Å². The SMILES string of the molecule is COc1ccc2c3c([nH]c2c1)[C@@H](CO)N(C(=O)Nc1ccccc1F)CC31CCN(C(=O)C2CC2)CC1. The molecule has 0 radical (unpaired) electrons. The third kappa shape index (κ3) is 4.01. The number of aromatic amines is 1. The largest absolute Gasteiger partial charge is 0.497 e. The highest BCUT2D eigenvalue weighted by Gasteiger charge is 2.50. The summed E-state index contributed by atoms with van der Waals surface area (Å²) in [5.41, 5.74) is 2.42. The number of nitrogens with one attached hydrogen (secondary N) is 2. The van der Waals surface area contributed by atoms with Crippen LogP contribution in [0.4, 0.5) is 14.9 Å². The molecule has 0 unspecified atom stereocenters. The van der Waals surface area contributed by atoms with E-state index in [1.807, 2.05) is 23.1 Å². The molecule has 1 aromatic heterocycles. The number of aliphatic hydroxyl groups is 1. The van der Waals surface area contributed by atoms with Crippen molar-refractivity contribution < 1.29 is 23.8 Å². The van der Waals surface area contributed by atoms with Crippen LogP contribution in [0.25, 0.3) is 10.9 Å². The molecule has 3 heterocycles. The Hall–Kier alpha value is -3.59. The zero-order valence-electron chi connectivity index (χ0n) is 20.8. The van der Waals surface area contributed by atoms with Gasteiger partial charge in [-0.25, -0.2) is 9.18 Å². The van der Waals surface area contributed by atoms with Crippen LogP contribution in [0.5, 0.6) is 5.75 Å². The number of amides is 3. The number of aromatic nitrogens is 1. The van der Waals surface area contributed by atoms with Crippen molar-refractivity contribution in [1.82, 2.24) is 14.8 Å². The summed E-state index contributed by atoms with van der Waals surface area (Å²) in [6.07, 6.45) is 3.33. The van der Waals surface area contributed by atoms with E-state index in [1.54, 1.807) is 24.1 Å². The summed E-state index contributed by atoms with van der Waals surface area (Å²) in [6, 6.07) is 10.8. The third-order valence-electron chi connectivity index (χ3n) is 8.26. The lowest BCUT2D eigenvalue weighted by atomic mass is 9.68. The number of carbonyl (C=O) groups is 2. The monoisotopic (exact) mass is 506 g/mol. The maximum atomic E-state index is 14.3. The Morgan fingerprint density at radius 2 is 1.95 bits per heavy atom. The number of aliphatic hydroxyl groups excluding tert-OH is 1. The first-order chi connectivity index (χ1) is 17.9. The Morgan fingerprint density at radius 1 is 1.19 bits per heavy atom. The average Bonchev–Trinajstić information content (AvgIpc) is 3.69. The number of benzene rings is 2. The van der Waals surface area contributed by atoms with Gasteiger partial charge < -0.3 is 29.9 Å². The van der Waals surface area contributed by atoms with Crippen LogP contribution in [0.1, 0.15) is 43.0 Å². The summed E-state index contributed by atoms with van der Waals surface area (Å²) in [7, 11) is 1.61. The first-order valence-corrected chi connectivity index (χ1v) is 12.9. The van der Waals surface area contributed by atoms with Gasteiger partial charge in [0.1, 0.15) is 11.6 Å². The van der Waals surface area contributed by atoms with E-state index in [0.717, 1.165) is 35.0 Å². The number of nitrogens with zero attached hydrogens (tertiary/aromatic N) is 2. The van der Waals surface area contributed by atoms with Gasteiger partial charge in [-0.2, -0.15) is 0 Å². The average molecular weight is 507 g/mol. The van der Waals surface area contributed by atoms with Gasteiger partial charge in [-0.3, -0.25) is 4.79 Å². The summed E-state index contributed by atoms with van der Waals surface area (Å²) in [5, 5.41) is 14.2. The Labute approximate surface area is 214 Å². The second-order valence-corrected chi connectivity index (χ2v) is 10.4. The number of methoxy groups -OCH3 is 1. The topological polar surface area (TPSA) is 97.9 Å². The van der Waals surface area contributed by atoms with Gasteiger partial charge in [0.2, 0.25) is 5.91 Å². The van der Waals surface area contributed by atoms with E-state index in [0.29, 0.717) is 38.2 Å². The van der Waals surface area contributed by atoms with E-state index in [9.17, 15) is 19.1 Å². The molecule has 1 aliphatic carbocycles. The fourth-order valence-electron chi connectivity index (χ4n) is 6.12. The number of carbonyl (C=O) groups excluding carboxylic acids is 2. The summed E-state index contributed by atoms with van der Waals surface area (Å²) in [4.78, 5) is 33.4. The molecule has 194 valence electrons. The number of H-pyrrole nitrogens is 1. The van der Waals surface area contributed by atoms with Crippen molar-refractivity contribution in [3.63, 3.8) is 0 Å². The molecule has 3 amide bonds. The Morgan fingerprint density at radius 3 is 2.62 bits per heavy atom. The van der Waals surface area contributed by atoms with Crippen LogP contribution < -0.4 is 10.1 Å². The number of hydrogen-bond donors (Lipinski definition) is 3. The van der Waals surface area contributed by atoms with Crippen LogP contribution in [0.15, 0.2) is 42.5 Å². The maximum absolute atomic E-state index is 14.3. The van der Waals surface area contributed by atoms with Gasteiger partial charge in [-0.1, -0.05) is 12.1 Å². The summed E-state index contributed by atoms with van der Waals surface area (Å²) >= 11 is 0. The van der Waals surface area contributed by atoms with Crippen molar-refractivity contribution >= 4 is 28.5 Å². The zero-order valence-corrected chi connectivity index (χ0v) is 20.8. The minimum atomic E-state index is -0.628. The molecule has 3 aromatic rings. The number of halogens is 1. The van der Waals surface area contributed by atoms with Crippen molar-refractivity contribution in [2.24, 2.45) is 5.92 Å². The predicted molar refractivity (Wildman–Crippen MR) is 137 cm³/mol. The summed E-state index contributed by atoms with van der Waals surface area (Å²) in [5.74, 6) is 0.586. The number of hydrogen-bond acceptors (Lipinski definition) is 4. The number of ether oxygens (including phenoxy) is 1. The quantitative estimate of drug-likeness (QED) is 0.495. The number of likely N-dealkylation sites (tertiary alicyclic amines) is 1. The molecule has 1 atom stereocenters. The maximum Gasteiger partial charge on any atom is 0.322 e. The van der Waals surface area contributed by atoms with Crippen molar-refractivity contribution in [3.05, 3.63) is 59.5 Å². The van der Waals surface area contributed by atoms with Crippen molar-refractivity contribution in [1.29, 1.82) is 0 Å². The molecular formula is C28H31FN4O4. The number of rotatable bonds is 4. The number of urea groups is 1. The molecule has 6 rings (SSSR count). The lowest BCUT2D eigenvalue weighted by molar-refractivity contribution is -0.134. The normalized spacial score (nSPS) is 20.7. The fourth-order valence-corrected chi connectivity index (χ4v) is 6.12. The van der Waals surface area contributed by atoms with Crippen LogP contribution in [0.2, 0.25) is 0 Å². The summed E-state index contributed by atoms with van der Waals surface area (Å²) in [6.45, 7) is 1.30. The molecule has 37 heavy (non-hydrogen) atoms. The van der Waals surface area contributed by atoms with Gasteiger partial charge in [0, 0.05) is 53.6 Å². The lowest BCUT2D eigenvalue weighted by Gasteiger charge is -2.50. The van der Waals surface area contributed by atoms with Crippen LogP contribution in [-0.2, 0) is 10.2 Å². The minimum Gasteiger partial charge on any atom is -0.497 e. The van der Waals surface area contributed by atoms with Crippen LogP contribution >= 0.6 is 0 Å². The number of fused-ring (bicyclic) bond motifs is 4. The van der Waals surface area contributed by atoms with E-state index in [1.165, 1.54) is 12.1 Å². The lowest BCUT2D eigenvalue weighted by Crippen LogP contribution is -2.56. The number of piperidine rings is 1. The molecule has 8 nitrogen and oxygen atoms in total. The first kappa shape index (κ1) is 23.8. The highest BCUT2D eigenvalue weighted by Crippen LogP contribution is 2.49. The Bertz CT molecular complexity index is 1360. The number of anilines is 1. The minimum absolute atomic E-state index is 0.0928. The van der Waals surface area contributed by atoms with Crippen LogP contribution in [0, 0.1) is 11.7 Å². The van der Waals surface area contributed by atoms with Gasteiger partial charge >= 0.3 is 6.03 Å². The van der Waals surface area contributed by atoms with Gasteiger partial charge in [0.05, 0.1) is 25.4 Å². The Kier molecular flexibility index (Phi) is 5.82. The van der Waals surface area contributed by atoms with E-state index in [2.05, 4.69) is 10.3 Å². The highest BCUT2D eigenvalue weighted by atomic mass is 19.1. The van der Waals surface area contributed by atoms with Crippen LogP contribution in [0.3, 0.4) is 0 Å². The van der Waals surface area contributed by atoms with E-state index in [-0.39, 0.29) is 24.1 Å². The second kappa shape index (κ2) is 9.06. The molecule has 1 saturated carbocycles. The molecule has 1 spiro atoms. The smallest absolute Gasteiger partial charge is 0.322 e. The van der Waals surface area contributed by atoms with Gasteiger partial charge in [0.15, 0.2) is 0 Å². The second-order valence-electron chi connectivity index (χ2n) is 10.4. The van der Waals surface area contributed by atoms with Gasteiger partial charge in [-0.05, 0) is 55.5 Å². The van der Waals surface area contributed by atoms with E-state index < -0.39 is 23.3 Å². The molecule has 2 aromatic carbocycles. The zero-order chi connectivity index (χ0) is 25.7. The van der Waals surface area contributed by atoms with Crippen LogP contribution in [-0.4, -0.2) is 65.2 Å². The molecule has 3 aliphatic rings. The fraction of sp³-hybridized carbons (Fsp3) is 0.429. The molecule has 1 saturated heterocycles. The molecular weight excluding hydrogens is 475 g/mol. The summed E-state index contributed by atoms with van der Waals surface area (Å²) < 4.78 is 19.8. The standard InChI is InChI=1S/C28H31FN4O4/c1-37-18-8-9-19-22(14-18)30-25-23(15-34)33(27(36)31-21-5-3-2-4-20(21)29)16-28(24(19)25)10-12-32(13-11-28)26(35)17-6-7-17/h2-5,8-9,14,17,23,30,34H,6-7,10-13,15-16H2,1H3,(H,31,36)/t23-/m1/s1. The molecule has 0 bridgehead atoms. The third-order valence-corrected chi connectivity index (χ3v) is 8.26. The molecule has 2 aliphatic heterocycles. The van der Waals surface area contributed by atoms with Crippen molar-refractivity contribution in [3.8, 4) is 5.75 Å². The Balaban J connectivity index is 1.40. The van der Waals surface area contributed by atoms with Crippen molar-refractivity contribution in [2.75, 3.05) is 38.7 Å². The number of para-hydroxylation sites is 1. The van der Waals surface area contributed by atoms with Crippen molar-refractivity contribution in [2.45, 2.75) is 37.1 Å². The molecule has 9 heteroatoms. The molecule has 2 fully saturated rings. The van der Waals surface area contributed by atoms with Gasteiger partial charge in [-0.15, -0.1) is 0 Å². The highest BCUT2D eigenvalue weighted by molar-refractivity contribution is 5.92. The molecule has 3 N–H and O–H groups in total. The van der Waals surface area contributed by atoms with E-state index in [4.69, 9.17) is 4.74 Å².